The molecule has 1 aliphatic rings. The van der Waals surface area contributed by atoms with Crippen molar-refractivity contribution in [1.29, 1.82) is 0 Å². The number of nitrogens with one attached hydrogen (secondary N) is 1. The van der Waals surface area contributed by atoms with Gasteiger partial charge in [-0.25, -0.2) is 0 Å². The van der Waals surface area contributed by atoms with Crippen molar-refractivity contribution in [2.75, 3.05) is 6.54 Å². The molecule has 18 heavy (non-hydrogen) atoms. The summed E-state index contributed by atoms with van der Waals surface area (Å²) >= 11 is 0. The Kier molecular flexibility index (Phi) is 7.88. The second-order valence-electron chi connectivity index (χ2n) is 6.22. The summed E-state index contributed by atoms with van der Waals surface area (Å²) in [7, 11) is 0. The summed E-state index contributed by atoms with van der Waals surface area (Å²) in [5.41, 5.74) is 5.34. The van der Waals surface area contributed by atoms with Gasteiger partial charge in [-0.05, 0) is 25.7 Å². The first-order chi connectivity index (χ1) is 7.94. The Morgan fingerprint density at radius 2 is 1.89 bits per heavy atom. The molecule has 0 heterocycles. The fourth-order valence-electron chi connectivity index (χ4n) is 2.64. The summed E-state index contributed by atoms with van der Waals surface area (Å²) in [6, 6.07) is 0. The van der Waals surface area contributed by atoms with Crippen LogP contribution >= 0.6 is 12.4 Å². The van der Waals surface area contributed by atoms with Crippen molar-refractivity contribution in [2.45, 2.75) is 64.8 Å². The second kappa shape index (κ2) is 8.00. The van der Waals surface area contributed by atoms with Gasteiger partial charge >= 0.3 is 0 Å². The van der Waals surface area contributed by atoms with E-state index in [1.54, 1.807) is 0 Å². The molecule has 1 atom stereocenters. The third-order valence-electron chi connectivity index (χ3n) is 3.95. The van der Waals surface area contributed by atoms with E-state index in [1.807, 2.05) is 13.8 Å². The molecule has 1 rings (SSSR count). The van der Waals surface area contributed by atoms with E-state index < -0.39 is 0 Å². The van der Waals surface area contributed by atoms with Crippen molar-refractivity contribution in [2.24, 2.45) is 17.6 Å². The average molecular weight is 277 g/mol. The number of hydrogen-bond acceptors (Lipinski definition) is 2. The lowest BCUT2D eigenvalue weighted by atomic mass is 9.79. The van der Waals surface area contributed by atoms with Gasteiger partial charge in [0.2, 0.25) is 5.91 Å². The number of halogens is 1. The first kappa shape index (κ1) is 17.7. The molecule has 0 aromatic carbocycles. The summed E-state index contributed by atoms with van der Waals surface area (Å²) in [4.78, 5) is 11.9. The number of carbonyl (C=O) groups excluding carboxylic acids is 1. The number of carbonyl (C=O) groups is 1. The van der Waals surface area contributed by atoms with E-state index in [0.29, 0.717) is 18.9 Å². The number of hydrogen-bond donors (Lipinski definition) is 2. The smallest absolute Gasteiger partial charge is 0.220 e. The van der Waals surface area contributed by atoms with Crippen LogP contribution in [-0.2, 0) is 4.79 Å². The number of amides is 1. The van der Waals surface area contributed by atoms with Gasteiger partial charge in [-0.15, -0.1) is 12.4 Å². The predicted molar refractivity (Wildman–Crippen MR) is 78.9 cm³/mol. The van der Waals surface area contributed by atoms with E-state index in [1.165, 1.54) is 32.1 Å². The Balaban J connectivity index is 0.00000289. The van der Waals surface area contributed by atoms with Gasteiger partial charge in [0, 0.05) is 18.5 Å². The van der Waals surface area contributed by atoms with Crippen LogP contribution in [-0.4, -0.2) is 18.0 Å². The molecule has 1 saturated carbocycles. The van der Waals surface area contributed by atoms with Crippen LogP contribution in [0.3, 0.4) is 0 Å². The van der Waals surface area contributed by atoms with Crippen LogP contribution in [0.15, 0.2) is 0 Å². The second-order valence-corrected chi connectivity index (χ2v) is 6.22. The topological polar surface area (TPSA) is 55.1 Å². The molecule has 0 aromatic heterocycles. The molecule has 0 saturated heterocycles. The fourth-order valence-corrected chi connectivity index (χ4v) is 2.64. The molecule has 108 valence electrons. The van der Waals surface area contributed by atoms with Crippen LogP contribution in [0.2, 0.25) is 0 Å². The van der Waals surface area contributed by atoms with Crippen molar-refractivity contribution < 1.29 is 4.79 Å². The Morgan fingerprint density at radius 1 is 1.33 bits per heavy atom. The van der Waals surface area contributed by atoms with E-state index in [9.17, 15) is 4.79 Å². The highest BCUT2D eigenvalue weighted by Crippen LogP contribution is 2.31. The van der Waals surface area contributed by atoms with Crippen molar-refractivity contribution in [3.8, 4) is 0 Å². The van der Waals surface area contributed by atoms with Crippen molar-refractivity contribution in [3.05, 3.63) is 0 Å². The van der Waals surface area contributed by atoms with E-state index in [4.69, 9.17) is 5.73 Å². The minimum absolute atomic E-state index is 0. The molecule has 0 aromatic rings. The monoisotopic (exact) mass is 276 g/mol. The molecule has 0 spiro atoms. The van der Waals surface area contributed by atoms with Gasteiger partial charge in [0.25, 0.3) is 0 Å². The molecule has 1 amide bonds. The lowest BCUT2D eigenvalue weighted by Gasteiger charge is -2.29. The SMILES string of the molecule is CC(CC(=O)NC(C)(C)CN)C1CCCCC1.Cl. The molecule has 0 radical (unpaired) electrons. The summed E-state index contributed by atoms with van der Waals surface area (Å²) < 4.78 is 0. The van der Waals surface area contributed by atoms with E-state index >= 15 is 0 Å². The van der Waals surface area contributed by atoms with Crippen molar-refractivity contribution >= 4 is 18.3 Å². The zero-order chi connectivity index (χ0) is 12.9. The molecule has 4 heteroatoms. The molecule has 3 nitrogen and oxygen atoms in total. The van der Waals surface area contributed by atoms with Crippen LogP contribution in [0.5, 0.6) is 0 Å². The summed E-state index contributed by atoms with van der Waals surface area (Å²) in [5.74, 6) is 1.40. The standard InChI is InChI=1S/C14H28N2O.ClH/c1-11(12-7-5-4-6-8-12)9-13(17)16-14(2,3)10-15;/h11-12H,4-10,15H2,1-3H3,(H,16,17);1H. The van der Waals surface area contributed by atoms with Gasteiger partial charge in [0.15, 0.2) is 0 Å². The third-order valence-corrected chi connectivity index (χ3v) is 3.95. The first-order valence-corrected chi connectivity index (χ1v) is 6.95. The van der Waals surface area contributed by atoms with Gasteiger partial charge in [-0.3, -0.25) is 4.79 Å². The average Bonchev–Trinajstić information content (AvgIpc) is 2.29. The molecule has 0 aliphatic heterocycles. The van der Waals surface area contributed by atoms with Gasteiger partial charge in [0.05, 0.1) is 0 Å². The molecule has 1 unspecified atom stereocenters. The minimum atomic E-state index is -0.274. The normalized spacial score (nSPS) is 18.9. The highest BCUT2D eigenvalue weighted by atomic mass is 35.5. The van der Waals surface area contributed by atoms with Gasteiger partial charge in [-0.2, -0.15) is 0 Å². The van der Waals surface area contributed by atoms with Gasteiger partial charge < -0.3 is 11.1 Å². The zero-order valence-electron chi connectivity index (χ0n) is 12.0. The zero-order valence-corrected chi connectivity index (χ0v) is 12.8. The Labute approximate surface area is 118 Å². The summed E-state index contributed by atoms with van der Waals surface area (Å²) in [5, 5.41) is 3.01. The van der Waals surface area contributed by atoms with Crippen LogP contribution < -0.4 is 11.1 Å². The first-order valence-electron chi connectivity index (χ1n) is 6.95. The molecule has 1 fully saturated rings. The van der Waals surface area contributed by atoms with Crippen LogP contribution in [0, 0.1) is 11.8 Å². The van der Waals surface area contributed by atoms with Crippen LogP contribution in [0.4, 0.5) is 0 Å². The molecule has 3 N–H and O–H groups in total. The van der Waals surface area contributed by atoms with Crippen LogP contribution in [0.1, 0.15) is 59.3 Å². The van der Waals surface area contributed by atoms with Crippen molar-refractivity contribution in [3.63, 3.8) is 0 Å². The highest BCUT2D eigenvalue weighted by molar-refractivity contribution is 5.85. The van der Waals surface area contributed by atoms with E-state index in [-0.39, 0.29) is 23.9 Å². The van der Waals surface area contributed by atoms with Gasteiger partial charge in [-0.1, -0.05) is 39.0 Å². The minimum Gasteiger partial charge on any atom is -0.350 e. The van der Waals surface area contributed by atoms with Crippen molar-refractivity contribution in [1.82, 2.24) is 5.32 Å². The molecule has 1 aliphatic carbocycles. The number of rotatable bonds is 5. The lowest BCUT2D eigenvalue weighted by molar-refractivity contribution is -0.123. The quantitative estimate of drug-likeness (QED) is 0.811. The fraction of sp³-hybridized carbons (Fsp3) is 0.929. The molecular weight excluding hydrogens is 248 g/mol. The maximum Gasteiger partial charge on any atom is 0.220 e. The predicted octanol–water partition coefficient (Wildman–Crippen LogP) is 2.87. The number of nitrogens with two attached hydrogens (primary N) is 1. The maximum atomic E-state index is 11.9. The van der Waals surface area contributed by atoms with E-state index in [2.05, 4.69) is 12.2 Å². The Hall–Kier alpha value is -0.280. The van der Waals surface area contributed by atoms with E-state index in [0.717, 1.165) is 5.92 Å². The Bertz CT molecular complexity index is 250. The lowest BCUT2D eigenvalue weighted by Crippen LogP contribution is -2.49. The highest BCUT2D eigenvalue weighted by Gasteiger charge is 2.24. The van der Waals surface area contributed by atoms with Gasteiger partial charge in [0.1, 0.15) is 0 Å². The Morgan fingerprint density at radius 3 is 2.39 bits per heavy atom. The molecular formula is C14H29ClN2O. The maximum absolute atomic E-state index is 11.9. The summed E-state index contributed by atoms with van der Waals surface area (Å²) in [6.45, 7) is 6.63. The largest absolute Gasteiger partial charge is 0.350 e. The van der Waals surface area contributed by atoms with Crippen LogP contribution in [0.25, 0.3) is 0 Å². The molecule has 0 bridgehead atoms. The third kappa shape index (κ3) is 6.05. The summed E-state index contributed by atoms with van der Waals surface area (Å²) in [6.07, 6.45) is 7.29.